The molecule has 0 bridgehead atoms. The molecule has 3 rings (SSSR count). The topological polar surface area (TPSA) is 29.5 Å². The Hall–Kier alpha value is -1.87. The van der Waals surface area contributed by atoms with E-state index in [0.29, 0.717) is 17.7 Å². The monoisotopic (exact) mass is 272 g/mol. The number of rotatable bonds is 1. The first-order valence-corrected chi connectivity index (χ1v) is 6.76. The van der Waals surface area contributed by atoms with Gasteiger partial charge in [0, 0.05) is 17.5 Å². The zero-order valence-electron chi connectivity index (χ0n) is 11.6. The standard InChI is InChI=1S/C17H17FO2/c1-10-3-5-14(18)12(7-10)17-9-15(19)13-8-11(2)4-6-16(13)20-17/h3-8,15,17,19H,9H2,1-2H3/t15-,17?/m1/s1. The molecule has 2 nitrogen and oxygen atoms in total. The highest BCUT2D eigenvalue weighted by Gasteiger charge is 2.29. The van der Waals surface area contributed by atoms with Crippen LogP contribution in [-0.4, -0.2) is 5.11 Å². The third-order valence-electron chi connectivity index (χ3n) is 3.73. The van der Waals surface area contributed by atoms with E-state index in [1.165, 1.54) is 6.07 Å². The molecule has 0 saturated heterocycles. The molecule has 0 fully saturated rings. The summed E-state index contributed by atoms with van der Waals surface area (Å²) in [4.78, 5) is 0. The normalized spacial score (nSPS) is 21.2. The molecule has 0 aliphatic carbocycles. The molecule has 0 spiro atoms. The molecular weight excluding hydrogens is 255 g/mol. The summed E-state index contributed by atoms with van der Waals surface area (Å²) in [6, 6.07) is 10.7. The second kappa shape index (κ2) is 4.91. The van der Waals surface area contributed by atoms with E-state index in [4.69, 9.17) is 4.74 Å². The fourth-order valence-electron chi connectivity index (χ4n) is 2.67. The predicted molar refractivity (Wildman–Crippen MR) is 75.3 cm³/mol. The number of ether oxygens (including phenoxy) is 1. The SMILES string of the molecule is Cc1ccc(F)c(C2C[C@@H](O)c3cc(C)ccc3O2)c1. The lowest BCUT2D eigenvalue weighted by Gasteiger charge is -2.30. The molecule has 2 atom stereocenters. The number of halogens is 1. The van der Waals surface area contributed by atoms with Gasteiger partial charge in [-0.1, -0.05) is 23.3 Å². The molecular formula is C17H17FO2. The highest BCUT2D eigenvalue weighted by Crippen LogP contribution is 2.41. The molecule has 1 N–H and O–H groups in total. The van der Waals surface area contributed by atoms with Gasteiger partial charge in [0.2, 0.25) is 0 Å². The van der Waals surface area contributed by atoms with Gasteiger partial charge in [0.05, 0.1) is 6.10 Å². The molecule has 0 amide bonds. The summed E-state index contributed by atoms with van der Waals surface area (Å²) in [6.07, 6.45) is -0.694. The number of aliphatic hydroxyl groups is 1. The van der Waals surface area contributed by atoms with Crippen molar-refractivity contribution >= 4 is 0 Å². The molecule has 1 heterocycles. The van der Waals surface area contributed by atoms with Crippen molar-refractivity contribution in [3.05, 3.63) is 64.5 Å². The number of aliphatic hydroxyl groups excluding tert-OH is 1. The summed E-state index contributed by atoms with van der Waals surface area (Å²) in [7, 11) is 0. The minimum atomic E-state index is -0.622. The molecule has 2 aromatic carbocycles. The summed E-state index contributed by atoms with van der Waals surface area (Å²) < 4.78 is 19.8. The Morgan fingerprint density at radius 1 is 1.05 bits per heavy atom. The summed E-state index contributed by atoms with van der Waals surface area (Å²) >= 11 is 0. The number of fused-ring (bicyclic) bond motifs is 1. The third kappa shape index (κ3) is 2.29. The van der Waals surface area contributed by atoms with Gasteiger partial charge in [-0.2, -0.15) is 0 Å². The first-order chi connectivity index (χ1) is 9.54. The van der Waals surface area contributed by atoms with E-state index >= 15 is 0 Å². The van der Waals surface area contributed by atoms with Crippen LogP contribution in [0.4, 0.5) is 4.39 Å². The maximum absolute atomic E-state index is 14.0. The second-order valence-electron chi connectivity index (χ2n) is 5.42. The average Bonchev–Trinajstić information content (AvgIpc) is 2.42. The Kier molecular flexibility index (Phi) is 3.22. The lowest BCUT2D eigenvalue weighted by molar-refractivity contribution is 0.0639. The average molecular weight is 272 g/mol. The van der Waals surface area contributed by atoms with Gasteiger partial charge in [-0.25, -0.2) is 4.39 Å². The molecule has 20 heavy (non-hydrogen) atoms. The Bertz CT molecular complexity index is 651. The molecule has 0 aromatic heterocycles. The van der Waals surface area contributed by atoms with Gasteiger partial charge < -0.3 is 9.84 Å². The van der Waals surface area contributed by atoms with Crippen molar-refractivity contribution in [3.63, 3.8) is 0 Å². The molecule has 0 radical (unpaired) electrons. The predicted octanol–water partition coefficient (Wildman–Crippen LogP) is 4.00. The smallest absolute Gasteiger partial charge is 0.130 e. The molecule has 3 heteroatoms. The van der Waals surface area contributed by atoms with E-state index in [1.807, 2.05) is 32.0 Å². The van der Waals surface area contributed by atoms with Crippen molar-refractivity contribution in [2.24, 2.45) is 0 Å². The van der Waals surface area contributed by atoms with E-state index in [0.717, 1.165) is 16.7 Å². The van der Waals surface area contributed by atoms with Crippen LogP contribution in [0.15, 0.2) is 36.4 Å². The van der Waals surface area contributed by atoms with Gasteiger partial charge >= 0.3 is 0 Å². The van der Waals surface area contributed by atoms with Crippen molar-refractivity contribution in [2.45, 2.75) is 32.5 Å². The molecule has 104 valence electrons. The minimum absolute atomic E-state index is 0.289. The molecule has 1 aliphatic rings. The van der Waals surface area contributed by atoms with E-state index in [1.54, 1.807) is 12.1 Å². The summed E-state index contributed by atoms with van der Waals surface area (Å²) in [5.74, 6) is 0.351. The zero-order valence-corrected chi connectivity index (χ0v) is 11.6. The fourth-order valence-corrected chi connectivity index (χ4v) is 2.67. The van der Waals surface area contributed by atoms with E-state index < -0.39 is 12.2 Å². The third-order valence-corrected chi connectivity index (χ3v) is 3.73. The highest BCUT2D eigenvalue weighted by molar-refractivity contribution is 5.41. The quantitative estimate of drug-likeness (QED) is 0.850. The maximum atomic E-state index is 14.0. The molecule has 0 saturated carbocycles. The first-order valence-electron chi connectivity index (χ1n) is 6.76. The van der Waals surface area contributed by atoms with Crippen LogP contribution in [0.2, 0.25) is 0 Å². The van der Waals surface area contributed by atoms with Crippen LogP contribution in [0.25, 0.3) is 0 Å². The van der Waals surface area contributed by atoms with Crippen LogP contribution in [-0.2, 0) is 0 Å². The van der Waals surface area contributed by atoms with Gasteiger partial charge in [-0.05, 0) is 38.1 Å². The van der Waals surface area contributed by atoms with Crippen LogP contribution in [0.5, 0.6) is 5.75 Å². The zero-order chi connectivity index (χ0) is 14.3. The van der Waals surface area contributed by atoms with Crippen molar-refractivity contribution in [1.82, 2.24) is 0 Å². The Labute approximate surface area is 117 Å². The minimum Gasteiger partial charge on any atom is -0.485 e. The fraction of sp³-hybridized carbons (Fsp3) is 0.294. The second-order valence-corrected chi connectivity index (χ2v) is 5.42. The van der Waals surface area contributed by atoms with Gasteiger partial charge in [0.25, 0.3) is 0 Å². The number of hydrogen-bond acceptors (Lipinski definition) is 2. The van der Waals surface area contributed by atoms with Gasteiger partial charge in [-0.3, -0.25) is 0 Å². The van der Waals surface area contributed by atoms with E-state index in [2.05, 4.69) is 0 Å². The maximum Gasteiger partial charge on any atom is 0.130 e. The number of benzene rings is 2. The highest BCUT2D eigenvalue weighted by atomic mass is 19.1. The molecule has 1 unspecified atom stereocenters. The van der Waals surface area contributed by atoms with Gasteiger partial charge in [0.1, 0.15) is 17.7 Å². The van der Waals surface area contributed by atoms with Crippen molar-refractivity contribution in [1.29, 1.82) is 0 Å². The van der Waals surface area contributed by atoms with Crippen LogP contribution in [0, 0.1) is 19.7 Å². The van der Waals surface area contributed by atoms with Gasteiger partial charge in [-0.15, -0.1) is 0 Å². The van der Waals surface area contributed by atoms with Gasteiger partial charge in [0.15, 0.2) is 0 Å². The van der Waals surface area contributed by atoms with Crippen molar-refractivity contribution < 1.29 is 14.2 Å². The van der Waals surface area contributed by atoms with E-state index in [9.17, 15) is 9.50 Å². The van der Waals surface area contributed by atoms with Crippen molar-refractivity contribution in [2.75, 3.05) is 0 Å². The van der Waals surface area contributed by atoms with E-state index in [-0.39, 0.29) is 5.82 Å². The Morgan fingerprint density at radius 2 is 1.70 bits per heavy atom. The lowest BCUT2D eigenvalue weighted by atomic mass is 9.93. The number of aryl methyl sites for hydroxylation is 2. The van der Waals surface area contributed by atoms with Crippen LogP contribution in [0.3, 0.4) is 0 Å². The molecule has 1 aliphatic heterocycles. The number of hydrogen-bond donors (Lipinski definition) is 1. The van der Waals surface area contributed by atoms with Crippen LogP contribution >= 0.6 is 0 Å². The summed E-state index contributed by atoms with van der Waals surface area (Å²) in [6.45, 7) is 3.89. The molecule has 2 aromatic rings. The Morgan fingerprint density at radius 3 is 2.45 bits per heavy atom. The largest absolute Gasteiger partial charge is 0.485 e. The van der Waals surface area contributed by atoms with Crippen LogP contribution < -0.4 is 4.74 Å². The Balaban J connectivity index is 1.99. The summed E-state index contributed by atoms with van der Waals surface area (Å²) in [5, 5.41) is 10.3. The van der Waals surface area contributed by atoms with Crippen molar-refractivity contribution in [3.8, 4) is 5.75 Å². The van der Waals surface area contributed by atoms with Crippen LogP contribution in [0.1, 0.15) is 40.9 Å². The summed E-state index contributed by atoms with van der Waals surface area (Å²) in [5.41, 5.74) is 3.35. The first kappa shape index (κ1) is 13.1. The lowest BCUT2D eigenvalue weighted by Crippen LogP contribution is -2.20.